The molecule has 0 radical (unpaired) electrons. The van der Waals surface area contributed by atoms with Crippen LogP contribution in [0.2, 0.25) is 10.0 Å². The largest absolute Gasteiger partial charge is 0.479 e. The molecule has 3 rings (SSSR count). The number of aryl methyl sites for hydroxylation is 2. The molecule has 1 aromatic carbocycles. The number of hydrogen-bond acceptors (Lipinski definition) is 4. The molecule has 1 N–H and O–H groups in total. The Hall–Kier alpha value is -2.05. The second-order valence-electron chi connectivity index (χ2n) is 6.16. The fraction of sp³-hybridized carbons (Fsp3) is 0.389. The molecule has 0 saturated heterocycles. The number of halogens is 2. The average molecular weight is 396 g/mol. The van der Waals surface area contributed by atoms with Crippen LogP contribution in [0.4, 0.5) is 0 Å². The number of nitrogens with one attached hydrogen (secondary N) is 1. The van der Waals surface area contributed by atoms with Gasteiger partial charge in [-0.25, -0.2) is 4.68 Å². The maximum atomic E-state index is 12.2. The Bertz CT molecular complexity index is 882. The van der Waals surface area contributed by atoms with Crippen molar-refractivity contribution in [3.63, 3.8) is 0 Å². The van der Waals surface area contributed by atoms with E-state index in [1.54, 1.807) is 31.2 Å². The summed E-state index contributed by atoms with van der Waals surface area (Å²) in [4.78, 5) is 24.2. The minimum absolute atomic E-state index is 0.142. The Kier molecular flexibility index (Phi) is 5.84. The lowest BCUT2D eigenvalue weighted by molar-refractivity contribution is -0.127. The van der Waals surface area contributed by atoms with Gasteiger partial charge >= 0.3 is 0 Å². The van der Waals surface area contributed by atoms with Crippen LogP contribution < -0.4 is 15.6 Å². The van der Waals surface area contributed by atoms with Crippen molar-refractivity contribution in [1.29, 1.82) is 0 Å². The third-order valence-corrected chi connectivity index (χ3v) is 4.74. The number of nitrogens with zero attached hydrogens (tertiary/aromatic N) is 2. The molecule has 2 aromatic rings. The first-order chi connectivity index (χ1) is 12.4. The van der Waals surface area contributed by atoms with Gasteiger partial charge in [0, 0.05) is 17.6 Å². The van der Waals surface area contributed by atoms with Gasteiger partial charge in [0.05, 0.1) is 17.3 Å². The smallest absolute Gasteiger partial charge is 0.267 e. The summed E-state index contributed by atoms with van der Waals surface area (Å²) < 4.78 is 6.96. The third kappa shape index (κ3) is 4.37. The van der Waals surface area contributed by atoms with E-state index in [0.717, 1.165) is 30.5 Å². The molecule has 138 valence electrons. The number of amides is 1. The number of fused-ring (bicyclic) bond motifs is 1. The van der Waals surface area contributed by atoms with E-state index in [1.165, 1.54) is 4.68 Å². The van der Waals surface area contributed by atoms with Crippen molar-refractivity contribution in [1.82, 2.24) is 15.1 Å². The highest BCUT2D eigenvalue weighted by atomic mass is 35.5. The van der Waals surface area contributed by atoms with E-state index in [9.17, 15) is 9.59 Å². The summed E-state index contributed by atoms with van der Waals surface area (Å²) in [6, 6.07) is 6.45. The Morgan fingerprint density at radius 3 is 2.92 bits per heavy atom. The van der Waals surface area contributed by atoms with Crippen LogP contribution in [-0.4, -0.2) is 28.3 Å². The Balaban J connectivity index is 1.53. The van der Waals surface area contributed by atoms with Gasteiger partial charge < -0.3 is 10.1 Å². The minimum Gasteiger partial charge on any atom is -0.479 e. The van der Waals surface area contributed by atoms with Crippen LogP contribution in [-0.2, 0) is 24.2 Å². The lowest BCUT2D eigenvalue weighted by Crippen LogP contribution is -2.39. The first kappa shape index (κ1) is 18.7. The Labute approximate surface area is 161 Å². The lowest BCUT2D eigenvalue weighted by atomic mass is 10.2. The number of carbonyl (C=O) groups is 1. The lowest BCUT2D eigenvalue weighted by Gasteiger charge is -2.16. The first-order valence-corrected chi connectivity index (χ1v) is 9.19. The van der Waals surface area contributed by atoms with Crippen molar-refractivity contribution in [2.24, 2.45) is 0 Å². The van der Waals surface area contributed by atoms with Gasteiger partial charge in [-0.15, -0.1) is 0 Å². The second kappa shape index (κ2) is 8.10. The number of carbonyl (C=O) groups excluding carboxylic acids is 1. The van der Waals surface area contributed by atoms with Gasteiger partial charge in [-0.1, -0.05) is 23.2 Å². The van der Waals surface area contributed by atoms with Gasteiger partial charge in [0.1, 0.15) is 5.75 Å². The first-order valence-electron chi connectivity index (χ1n) is 8.43. The maximum Gasteiger partial charge on any atom is 0.267 e. The van der Waals surface area contributed by atoms with Crippen molar-refractivity contribution >= 4 is 29.1 Å². The van der Waals surface area contributed by atoms with Crippen LogP contribution in [0, 0.1) is 0 Å². The molecule has 1 unspecified atom stereocenters. The zero-order chi connectivity index (χ0) is 18.7. The van der Waals surface area contributed by atoms with Gasteiger partial charge in [-0.3, -0.25) is 9.59 Å². The Morgan fingerprint density at radius 1 is 1.35 bits per heavy atom. The van der Waals surface area contributed by atoms with Gasteiger partial charge in [-0.05, 0) is 49.9 Å². The zero-order valence-electron chi connectivity index (χ0n) is 14.3. The number of benzene rings is 1. The molecule has 1 heterocycles. The van der Waals surface area contributed by atoms with Crippen LogP contribution >= 0.6 is 23.2 Å². The number of hydrogen-bond donors (Lipinski definition) is 1. The molecule has 26 heavy (non-hydrogen) atoms. The maximum absolute atomic E-state index is 12.2. The molecule has 0 bridgehead atoms. The molecular weight excluding hydrogens is 377 g/mol. The monoisotopic (exact) mass is 395 g/mol. The van der Waals surface area contributed by atoms with Crippen molar-refractivity contribution in [3.05, 3.63) is 55.9 Å². The standard InChI is InChI=1S/C18H19Cl2N3O3/c1-11(26-16-6-5-13(19)10-14(16)20)18(25)21-7-8-23-17(24)9-12-3-2-4-15(12)22-23/h5-6,9-11H,2-4,7-8H2,1H3,(H,21,25). The summed E-state index contributed by atoms with van der Waals surface area (Å²) in [5.41, 5.74) is 1.87. The molecule has 1 atom stereocenters. The molecular formula is C18H19Cl2N3O3. The topological polar surface area (TPSA) is 73.2 Å². The molecule has 8 heteroatoms. The van der Waals surface area contributed by atoms with Crippen LogP contribution in [0.5, 0.6) is 5.75 Å². The second-order valence-corrected chi connectivity index (χ2v) is 7.00. The normalized spacial score (nSPS) is 14.0. The summed E-state index contributed by atoms with van der Waals surface area (Å²) in [5.74, 6) is 0.0838. The molecule has 0 aliphatic heterocycles. The Morgan fingerprint density at radius 2 is 2.15 bits per heavy atom. The van der Waals surface area contributed by atoms with Gasteiger partial charge in [-0.2, -0.15) is 5.10 Å². The van der Waals surface area contributed by atoms with Gasteiger partial charge in [0.25, 0.3) is 11.5 Å². The van der Waals surface area contributed by atoms with Crippen LogP contribution in [0.15, 0.2) is 29.1 Å². The molecule has 0 fully saturated rings. The van der Waals surface area contributed by atoms with Crippen LogP contribution in [0.25, 0.3) is 0 Å². The van der Waals surface area contributed by atoms with Crippen LogP contribution in [0.3, 0.4) is 0 Å². The molecule has 6 nitrogen and oxygen atoms in total. The van der Waals surface area contributed by atoms with Gasteiger partial charge in [0.2, 0.25) is 0 Å². The van der Waals surface area contributed by atoms with E-state index in [-0.39, 0.29) is 18.0 Å². The average Bonchev–Trinajstić information content (AvgIpc) is 3.04. The molecule has 1 aliphatic rings. The predicted molar refractivity (Wildman–Crippen MR) is 100 cm³/mol. The fourth-order valence-corrected chi connectivity index (χ4v) is 3.30. The predicted octanol–water partition coefficient (Wildman–Crippen LogP) is 2.62. The molecule has 1 aliphatic carbocycles. The third-order valence-electron chi connectivity index (χ3n) is 4.21. The summed E-state index contributed by atoms with van der Waals surface area (Å²) in [6.07, 6.45) is 2.11. The SMILES string of the molecule is CC(Oc1ccc(Cl)cc1Cl)C(=O)NCCn1nc2c(cc1=O)CCC2. The number of ether oxygens (including phenoxy) is 1. The number of rotatable bonds is 6. The van der Waals surface area contributed by atoms with E-state index < -0.39 is 6.10 Å². The summed E-state index contributed by atoms with van der Waals surface area (Å²) >= 11 is 11.9. The van der Waals surface area contributed by atoms with E-state index >= 15 is 0 Å². The fourth-order valence-electron chi connectivity index (χ4n) is 2.84. The van der Waals surface area contributed by atoms with Crippen molar-refractivity contribution in [2.45, 2.75) is 38.8 Å². The number of aromatic nitrogens is 2. The van der Waals surface area contributed by atoms with E-state index in [1.807, 2.05) is 0 Å². The highest BCUT2D eigenvalue weighted by molar-refractivity contribution is 6.35. The van der Waals surface area contributed by atoms with Crippen molar-refractivity contribution < 1.29 is 9.53 Å². The van der Waals surface area contributed by atoms with Crippen molar-refractivity contribution in [3.8, 4) is 5.75 Å². The molecule has 1 aromatic heterocycles. The molecule has 1 amide bonds. The minimum atomic E-state index is -0.738. The van der Waals surface area contributed by atoms with E-state index in [2.05, 4.69) is 10.4 Å². The van der Waals surface area contributed by atoms with Crippen LogP contribution in [0.1, 0.15) is 24.6 Å². The molecule has 0 saturated carbocycles. The highest BCUT2D eigenvalue weighted by Gasteiger charge is 2.17. The zero-order valence-corrected chi connectivity index (χ0v) is 15.8. The van der Waals surface area contributed by atoms with Gasteiger partial charge in [0.15, 0.2) is 6.10 Å². The van der Waals surface area contributed by atoms with Crippen molar-refractivity contribution in [2.75, 3.05) is 6.54 Å². The summed E-state index contributed by atoms with van der Waals surface area (Å²) in [6.45, 7) is 2.22. The quantitative estimate of drug-likeness (QED) is 0.815. The highest BCUT2D eigenvalue weighted by Crippen LogP contribution is 2.28. The summed E-state index contributed by atoms with van der Waals surface area (Å²) in [7, 11) is 0. The van der Waals surface area contributed by atoms with E-state index in [0.29, 0.717) is 22.3 Å². The summed E-state index contributed by atoms with van der Waals surface area (Å²) in [5, 5.41) is 7.95. The molecule has 0 spiro atoms. The van der Waals surface area contributed by atoms with E-state index in [4.69, 9.17) is 27.9 Å².